The van der Waals surface area contributed by atoms with Crippen molar-refractivity contribution in [2.75, 3.05) is 40.5 Å². The lowest BCUT2D eigenvalue weighted by Crippen LogP contribution is -2.31. The van der Waals surface area contributed by atoms with Gasteiger partial charge in [0.1, 0.15) is 0 Å². The molecule has 1 aliphatic rings. The number of rotatable bonds is 9. The van der Waals surface area contributed by atoms with Crippen molar-refractivity contribution in [1.29, 1.82) is 0 Å². The molecule has 0 unspecified atom stereocenters. The molecule has 1 aliphatic heterocycles. The second kappa shape index (κ2) is 8.86. The molecule has 0 spiro atoms. The fraction of sp³-hybridized carbons (Fsp3) is 0.647. The summed E-state index contributed by atoms with van der Waals surface area (Å²) in [5, 5.41) is 3.45. The zero-order chi connectivity index (χ0) is 15.8. The maximum atomic E-state index is 5.91. The van der Waals surface area contributed by atoms with Crippen LogP contribution in [0.15, 0.2) is 18.2 Å². The lowest BCUT2D eigenvalue weighted by atomic mass is 10.2. The van der Waals surface area contributed by atoms with Gasteiger partial charge in [-0.25, -0.2) is 0 Å². The second-order valence-corrected chi connectivity index (χ2v) is 5.70. The van der Waals surface area contributed by atoms with Crippen LogP contribution in [0.3, 0.4) is 0 Å². The van der Waals surface area contributed by atoms with E-state index >= 15 is 0 Å². The van der Waals surface area contributed by atoms with Crippen LogP contribution in [0.4, 0.5) is 0 Å². The van der Waals surface area contributed by atoms with Gasteiger partial charge in [0.15, 0.2) is 11.5 Å². The minimum atomic E-state index is 0.377. The molecule has 1 heterocycles. The van der Waals surface area contributed by atoms with E-state index in [4.69, 9.17) is 18.9 Å². The molecule has 0 radical (unpaired) electrons. The van der Waals surface area contributed by atoms with Crippen LogP contribution < -0.4 is 19.5 Å². The van der Waals surface area contributed by atoms with Gasteiger partial charge in [-0.2, -0.15) is 0 Å². The van der Waals surface area contributed by atoms with Gasteiger partial charge >= 0.3 is 0 Å². The first-order valence-electron chi connectivity index (χ1n) is 7.90. The lowest BCUT2D eigenvalue weighted by Gasteiger charge is -2.18. The summed E-state index contributed by atoms with van der Waals surface area (Å²) in [5.41, 5.74) is 0. The number of hydrogen-bond acceptors (Lipinski definition) is 5. The highest BCUT2D eigenvalue weighted by molar-refractivity contribution is 5.51. The van der Waals surface area contributed by atoms with Crippen molar-refractivity contribution in [1.82, 2.24) is 5.32 Å². The SMILES string of the molecule is COc1cccc(OC)c1OC[C@@H](C)CNC[C@H]1CCCO1. The molecule has 1 aromatic rings. The minimum Gasteiger partial charge on any atom is -0.493 e. The van der Waals surface area contributed by atoms with Crippen molar-refractivity contribution in [3.8, 4) is 17.2 Å². The third-order valence-electron chi connectivity index (χ3n) is 3.78. The van der Waals surface area contributed by atoms with Crippen LogP contribution in [0.5, 0.6) is 17.2 Å². The predicted octanol–water partition coefficient (Wildman–Crippen LogP) is 2.49. The largest absolute Gasteiger partial charge is 0.493 e. The van der Waals surface area contributed by atoms with Crippen molar-refractivity contribution >= 4 is 0 Å². The Morgan fingerprint density at radius 3 is 2.59 bits per heavy atom. The maximum absolute atomic E-state index is 5.91. The number of ether oxygens (including phenoxy) is 4. The fourth-order valence-corrected chi connectivity index (χ4v) is 2.54. The van der Waals surface area contributed by atoms with E-state index in [-0.39, 0.29) is 0 Å². The molecule has 1 aromatic carbocycles. The monoisotopic (exact) mass is 309 g/mol. The molecule has 5 nitrogen and oxygen atoms in total. The molecular formula is C17H27NO4. The third kappa shape index (κ3) is 4.78. The number of nitrogens with one attached hydrogen (secondary N) is 1. The van der Waals surface area contributed by atoms with Gasteiger partial charge in [-0.05, 0) is 25.0 Å². The van der Waals surface area contributed by atoms with Crippen LogP contribution in [0.25, 0.3) is 0 Å². The summed E-state index contributed by atoms with van der Waals surface area (Å²) < 4.78 is 22.2. The molecule has 124 valence electrons. The molecule has 0 aliphatic carbocycles. The van der Waals surface area contributed by atoms with E-state index in [9.17, 15) is 0 Å². The smallest absolute Gasteiger partial charge is 0.203 e. The predicted molar refractivity (Wildman–Crippen MR) is 86.0 cm³/mol. The Bertz CT molecular complexity index is 424. The van der Waals surface area contributed by atoms with Gasteiger partial charge in [-0.1, -0.05) is 13.0 Å². The van der Waals surface area contributed by atoms with E-state index < -0.39 is 0 Å². The number of methoxy groups -OCH3 is 2. The molecule has 5 heteroatoms. The van der Waals surface area contributed by atoms with Crippen molar-refractivity contribution in [3.63, 3.8) is 0 Å². The molecule has 22 heavy (non-hydrogen) atoms. The van der Waals surface area contributed by atoms with Gasteiger partial charge in [0.05, 0.1) is 26.9 Å². The normalized spacial score (nSPS) is 19.0. The van der Waals surface area contributed by atoms with Gasteiger partial charge in [0.25, 0.3) is 0 Å². The Morgan fingerprint density at radius 1 is 1.27 bits per heavy atom. The van der Waals surface area contributed by atoms with Crippen LogP contribution in [0, 0.1) is 5.92 Å². The maximum Gasteiger partial charge on any atom is 0.203 e. The summed E-state index contributed by atoms with van der Waals surface area (Å²) in [7, 11) is 3.27. The van der Waals surface area contributed by atoms with E-state index in [0.29, 0.717) is 35.9 Å². The fourth-order valence-electron chi connectivity index (χ4n) is 2.54. The molecule has 2 atom stereocenters. The van der Waals surface area contributed by atoms with E-state index in [1.807, 2.05) is 18.2 Å². The number of para-hydroxylation sites is 1. The van der Waals surface area contributed by atoms with Gasteiger partial charge in [0, 0.05) is 25.6 Å². The van der Waals surface area contributed by atoms with E-state index in [1.54, 1.807) is 14.2 Å². The van der Waals surface area contributed by atoms with Gasteiger partial charge in [-0.3, -0.25) is 0 Å². The minimum absolute atomic E-state index is 0.377. The van der Waals surface area contributed by atoms with Crippen LogP contribution >= 0.6 is 0 Å². The van der Waals surface area contributed by atoms with Crippen molar-refractivity contribution in [3.05, 3.63) is 18.2 Å². The Kier molecular flexibility index (Phi) is 6.80. The molecular weight excluding hydrogens is 282 g/mol. The summed E-state index contributed by atoms with van der Waals surface area (Å²) in [6, 6.07) is 5.63. The average molecular weight is 309 g/mol. The Balaban J connectivity index is 1.76. The summed E-state index contributed by atoms with van der Waals surface area (Å²) in [6.07, 6.45) is 2.72. The van der Waals surface area contributed by atoms with Gasteiger partial charge < -0.3 is 24.3 Å². The first-order chi connectivity index (χ1) is 10.7. The summed E-state index contributed by atoms with van der Waals surface area (Å²) in [4.78, 5) is 0. The topological polar surface area (TPSA) is 49.0 Å². The molecule has 2 rings (SSSR count). The first kappa shape index (κ1) is 16.9. The van der Waals surface area contributed by atoms with Crippen molar-refractivity contribution < 1.29 is 18.9 Å². The Morgan fingerprint density at radius 2 is 2.00 bits per heavy atom. The quantitative estimate of drug-likeness (QED) is 0.759. The number of hydrogen-bond donors (Lipinski definition) is 1. The molecule has 0 aromatic heterocycles. The molecule has 1 saturated heterocycles. The highest BCUT2D eigenvalue weighted by Gasteiger charge is 2.16. The molecule has 1 fully saturated rings. The van der Waals surface area contributed by atoms with Gasteiger partial charge in [0.2, 0.25) is 5.75 Å². The summed E-state index contributed by atoms with van der Waals surface area (Å²) >= 11 is 0. The van der Waals surface area contributed by atoms with E-state index in [1.165, 1.54) is 6.42 Å². The average Bonchev–Trinajstić information content (AvgIpc) is 3.05. The van der Waals surface area contributed by atoms with E-state index in [0.717, 1.165) is 26.1 Å². The summed E-state index contributed by atoms with van der Waals surface area (Å²) in [5.74, 6) is 2.44. The van der Waals surface area contributed by atoms with Crippen molar-refractivity contribution in [2.45, 2.75) is 25.9 Å². The second-order valence-electron chi connectivity index (χ2n) is 5.70. The van der Waals surface area contributed by atoms with Crippen LogP contribution in [0.2, 0.25) is 0 Å². The Labute approximate surface area is 132 Å². The highest BCUT2D eigenvalue weighted by atomic mass is 16.5. The zero-order valence-corrected chi connectivity index (χ0v) is 13.8. The first-order valence-corrected chi connectivity index (χ1v) is 7.90. The molecule has 0 amide bonds. The van der Waals surface area contributed by atoms with E-state index in [2.05, 4.69) is 12.2 Å². The number of benzene rings is 1. The molecule has 1 N–H and O–H groups in total. The highest BCUT2D eigenvalue weighted by Crippen LogP contribution is 2.36. The van der Waals surface area contributed by atoms with Crippen LogP contribution in [0.1, 0.15) is 19.8 Å². The summed E-state index contributed by atoms with van der Waals surface area (Å²) in [6.45, 7) is 5.48. The lowest BCUT2D eigenvalue weighted by molar-refractivity contribution is 0.108. The molecule has 0 bridgehead atoms. The van der Waals surface area contributed by atoms with Gasteiger partial charge in [-0.15, -0.1) is 0 Å². The zero-order valence-electron chi connectivity index (χ0n) is 13.8. The standard InChI is InChI=1S/C17H27NO4/c1-13(10-18-11-14-6-5-9-21-14)12-22-17-15(19-2)7-4-8-16(17)20-3/h4,7-8,13-14,18H,5-6,9-12H2,1-3H3/t13-,14+/m0/s1. The third-order valence-corrected chi connectivity index (χ3v) is 3.78. The van der Waals surface area contributed by atoms with Crippen molar-refractivity contribution in [2.24, 2.45) is 5.92 Å². The molecule has 0 saturated carbocycles. The van der Waals surface area contributed by atoms with Crippen LogP contribution in [-0.4, -0.2) is 46.6 Å². The Hall–Kier alpha value is -1.46. The van der Waals surface area contributed by atoms with Crippen LogP contribution in [-0.2, 0) is 4.74 Å².